The van der Waals surface area contributed by atoms with Gasteiger partial charge in [0.15, 0.2) is 0 Å². The van der Waals surface area contributed by atoms with Crippen LogP contribution < -0.4 is 0 Å². The fourth-order valence-corrected chi connectivity index (χ4v) is 3.91. The van der Waals surface area contributed by atoms with Gasteiger partial charge in [0, 0.05) is 24.5 Å². The molecule has 31 heavy (non-hydrogen) atoms. The van der Waals surface area contributed by atoms with Crippen molar-refractivity contribution in [1.82, 2.24) is 24.9 Å². The fourth-order valence-electron chi connectivity index (χ4n) is 3.91. The molecule has 4 rings (SSSR count). The smallest absolute Gasteiger partial charge is 0.309 e. The highest BCUT2D eigenvalue weighted by Gasteiger charge is 2.27. The minimum absolute atomic E-state index is 0.0397. The van der Waals surface area contributed by atoms with Crippen LogP contribution >= 0.6 is 0 Å². The average molecular weight is 423 g/mol. The third kappa shape index (κ3) is 4.64. The van der Waals surface area contributed by atoms with Gasteiger partial charge in [-0.3, -0.25) is 14.7 Å². The Kier molecular flexibility index (Phi) is 6.36. The molecule has 0 spiro atoms. The first kappa shape index (κ1) is 21.1. The van der Waals surface area contributed by atoms with Gasteiger partial charge in [-0.1, -0.05) is 11.3 Å². The van der Waals surface area contributed by atoms with Gasteiger partial charge in [-0.25, -0.2) is 9.07 Å². The zero-order chi connectivity index (χ0) is 21.8. The number of benzene rings is 1. The second-order valence-electron chi connectivity index (χ2n) is 7.77. The average Bonchev–Trinajstić information content (AvgIpc) is 3.20. The Hall–Kier alpha value is -3.13. The summed E-state index contributed by atoms with van der Waals surface area (Å²) in [5.74, 6) is -0.426. The highest BCUT2D eigenvalue weighted by Crippen LogP contribution is 2.28. The minimum atomic E-state index is -0.281. The number of esters is 1. The summed E-state index contributed by atoms with van der Waals surface area (Å²) >= 11 is 0. The van der Waals surface area contributed by atoms with E-state index in [1.165, 1.54) is 6.07 Å². The molecule has 0 amide bonds. The fraction of sp³-hybridized carbons (Fsp3) is 0.391. The molecule has 1 aliphatic rings. The van der Waals surface area contributed by atoms with E-state index in [-0.39, 0.29) is 17.7 Å². The topological polar surface area (TPSA) is 73.1 Å². The molecule has 3 heterocycles. The second-order valence-corrected chi connectivity index (χ2v) is 7.77. The van der Waals surface area contributed by atoms with Gasteiger partial charge in [-0.2, -0.15) is 0 Å². The summed E-state index contributed by atoms with van der Waals surface area (Å²) in [6.45, 7) is 6.14. The lowest BCUT2D eigenvalue weighted by Crippen LogP contribution is -2.36. The van der Waals surface area contributed by atoms with E-state index in [0.29, 0.717) is 24.4 Å². The summed E-state index contributed by atoms with van der Waals surface area (Å²) in [5, 5.41) is 8.78. The SMILES string of the molecule is CCOC(=O)C1CCN(Cc2nnn(-c3ccc(C)c(F)c3)c2-c2ccncc2)CC1. The Bertz CT molecular complexity index is 1050. The van der Waals surface area contributed by atoms with E-state index in [4.69, 9.17) is 4.74 Å². The van der Waals surface area contributed by atoms with Crippen molar-refractivity contribution < 1.29 is 13.9 Å². The van der Waals surface area contributed by atoms with Gasteiger partial charge >= 0.3 is 5.97 Å². The number of halogens is 1. The van der Waals surface area contributed by atoms with E-state index in [2.05, 4.69) is 20.2 Å². The number of hydrogen-bond donors (Lipinski definition) is 0. The number of aryl methyl sites for hydroxylation is 1. The maximum Gasteiger partial charge on any atom is 0.309 e. The molecule has 0 atom stereocenters. The molecular weight excluding hydrogens is 397 g/mol. The minimum Gasteiger partial charge on any atom is -0.466 e. The molecule has 1 fully saturated rings. The van der Waals surface area contributed by atoms with Crippen LogP contribution in [-0.4, -0.2) is 50.5 Å². The van der Waals surface area contributed by atoms with Gasteiger partial charge in [0.1, 0.15) is 11.5 Å². The highest BCUT2D eigenvalue weighted by molar-refractivity contribution is 5.72. The van der Waals surface area contributed by atoms with Gasteiger partial charge in [0.05, 0.1) is 23.9 Å². The Morgan fingerprint density at radius 1 is 1.19 bits per heavy atom. The maximum absolute atomic E-state index is 14.2. The first-order valence-electron chi connectivity index (χ1n) is 10.6. The third-order valence-corrected chi connectivity index (χ3v) is 5.67. The molecule has 1 aromatic carbocycles. The number of likely N-dealkylation sites (tertiary alicyclic amines) is 1. The summed E-state index contributed by atoms with van der Waals surface area (Å²) in [7, 11) is 0. The van der Waals surface area contributed by atoms with Crippen molar-refractivity contribution >= 4 is 5.97 Å². The summed E-state index contributed by atoms with van der Waals surface area (Å²) < 4.78 is 21.1. The van der Waals surface area contributed by atoms with Crippen LogP contribution in [0.3, 0.4) is 0 Å². The number of hydrogen-bond acceptors (Lipinski definition) is 6. The number of piperidine rings is 1. The van der Waals surface area contributed by atoms with Crippen LogP contribution in [0.5, 0.6) is 0 Å². The molecule has 3 aromatic rings. The molecule has 0 aliphatic carbocycles. The van der Waals surface area contributed by atoms with E-state index in [9.17, 15) is 9.18 Å². The number of pyridine rings is 1. The maximum atomic E-state index is 14.2. The van der Waals surface area contributed by atoms with Crippen molar-refractivity contribution in [3.8, 4) is 16.9 Å². The van der Waals surface area contributed by atoms with Crippen LogP contribution in [0.2, 0.25) is 0 Å². The van der Waals surface area contributed by atoms with E-state index < -0.39 is 0 Å². The van der Waals surface area contributed by atoms with Crippen LogP contribution in [0.15, 0.2) is 42.7 Å². The van der Waals surface area contributed by atoms with Crippen LogP contribution in [0.1, 0.15) is 31.0 Å². The van der Waals surface area contributed by atoms with Crippen molar-refractivity contribution in [2.24, 2.45) is 5.92 Å². The molecule has 0 N–H and O–H groups in total. The quantitative estimate of drug-likeness (QED) is 0.565. The Labute approximate surface area is 180 Å². The Morgan fingerprint density at radius 3 is 2.61 bits per heavy atom. The number of nitrogens with zero attached hydrogens (tertiary/aromatic N) is 5. The van der Waals surface area contributed by atoms with E-state index in [0.717, 1.165) is 42.9 Å². The standard InChI is InChI=1S/C23H26FN5O2/c1-3-31-23(30)18-8-12-28(13-9-18)15-21-22(17-6-10-25-11-7-17)29(27-26-21)19-5-4-16(2)20(24)14-19/h4-7,10-11,14,18H,3,8-9,12-13,15H2,1-2H3. The van der Waals surface area contributed by atoms with E-state index in [1.54, 1.807) is 30.1 Å². The van der Waals surface area contributed by atoms with E-state index in [1.807, 2.05) is 25.1 Å². The summed E-state index contributed by atoms with van der Waals surface area (Å²) in [6.07, 6.45) is 4.97. The molecule has 8 heteroatoms. The highest BCUT2D eigenvalue weighted by atomic mass is 19.1. The molecule has 7 nitrogen and oxygen atoms in total. The lowest BCUT2D eigenvalue weighted by Gasteiger charge is -2.30. The zero-order valence-corrected chi connectivity index (χ0v) is 17.8. The predicted molar refractivity (Wildman–Crippen MR) is 114 cm³/mol. The molecule has 0 unspecified atom stereocenters. The lowest BCUT2D eigenvalue weighted by molar-refractivity contribution is -0.149. The third-order valence-electron chi connectivity index (χ3n) is 5.67. The van der Waals surface area contributed by atoms with Crippen LogP contribution in [0.4, 0.5) is 4.39 Å². The van der Waals surface area contributed by atoms with Gasteiger partial charge < -0.3 is 4.74 Å². The monoisotopic (exact) mass is 423 g/mol. The number of rotatable bonds is 6. The molecule has 0 radical (unpaired) electrons. The van der Waals surface area contributed by atoms with Crippen molar-refractivity contribution in [2.45, 2.75) is 33.2 Å². The normalized spacial score (nSPS) is 15.2. The van der Waals surface area contributed by atoms with Crippen LogP contribution in [-0.2, 0) is 16.1 Å². The Morgan fingerprint density at radius 2 is 1.94 bits per heavy atom. The number of ether oxygens (including phenoxy) is 1. The number of carbonyl (C=O) groups is 1. The largest absolute Gasteiger partial charge is 0.466 e. The second kappa shape index (κ2) is 9.34. The molecule has 0 saturated carbocycles. The van der Waals surface area contributed by atoms with Crippen LogP contribution in [0.25, 0.3) is 16.9 Å². The van der Waals surface area contributed by atoms with E-state index >= 15 is 0 Å². The molecule has 1 saturated heterocycles. The van der Waals surface area contributed by atoms with Gasteiger partial charge in [0.2, 0.25) is 0 Å². The molecule has 0 bridgehead atoms. The van der Waals surface area contributed by atoms with Gasteiger partial charge in [-0.15, -0.1) is 5.10 Å². The number of carbonyl (C=O) groups excluding carboxylic acids is 1. The van der Waals surface area contributed by atoms with Crippen molar-refractivity contribution in [3.05, 3.63) is 59.8 Å². The van der Waals surface area contributed by atoms with Crippen molar-refractivity contribution in [3.63, 3.8) is 0 Å². The predicted octanol–water partition coefficient (Wildman–Crippen LogP) is 3.55. The van der Waals surface area contributed by atoms with Gasteiger partial charge in [0.25, 0.3) is 0 Å². The van der Waals surface area contributed by atoms with Crippen molar-refractivity contribution in [2.75, 3.05) is 19.7 Å². The lowest BCUT2D eigenvalue weighted by atomic mass is 9.97. The first-order valence-corrected chi connectivity index (χ1v) is 10.6. The van der Waals surface area contributed by atoms with Gasteiger partial charge in [-0.05, 0) is 69.6 Å². The summed E-state index contributed by atoms with van der Waals surface area (Å²) in [4.78, 5) is 18.4. The van der Waals surface area contributed by atoms with Crippen molar-refractivity contribution in [1.29, 1.82) is 0 Å². The molecule has 1 aliphatic heterocycles. The molecule has 2 aromatic heterocycles. The zero-order valence-electron chi connectivity index (χ0n) is 17.8. The summed E-state index contributed by atoms with van der Waals surface area (Å²) in [5.41, 5.74) is 3.74. The first-order chi connectivity index (χ1) is 15.1. The Balaban J connectivity index is 1.59. The van der Waals surface area contributed by atoms with Crippen LogP contribution in [0, 0.1) is 18.7 Å². The summed E-state index contributed by atoms with van der Waals surface area (Å²) in [6, 6.07) is 8.85. The molecular formula is C23H26FN5O2. The number of aromatic nitrogens is 4. The molecule has 162 valence electrons.